The van der Waals surface area contributed by atoms with Gasteiger partial charge in [0.1, 0.15) is 5.82 Å². The third-order valence-corrected chi connectivity index (χ3v) is 2.19. The molecule has 0 aliphatic heterocycles. The average molecular weight is 186 g/mol. The van der Waals surface area contributed by atoms with Crippen LogP contribution in [-0.4, -0.2) is 17.6 Å². The number of aryl methyl sites for hydroxylation is 1. The molecule has 1 aromatic rings. The summed E-state index contributed by atoms with van der Waals surface area (Å²) in [6.45, 7) is 3.90. The zero-order valence-electron chi connectivity index (χ0n) is 6.96. The average Bonchev–Trinajstić information content (AvgIpc) is 2.30. The fraction of sp³-hybridized carbons (Fsp3) is 0.429. The van der Waals surface area contributed by atoms with Crippen LogP contribution in [0.15, 0.2) is 0 Å². The van der Waals surface area contributed by atoms with E-state index in [9.17, 15) is 4.79 Å². The molecule has 0 bridgehead atoms. The zero-order chi connectivity index (χ0) is 9.14. The Morgan fingerprint density at radius 1 is 1.75 bits per heavy atom. The SMILES string of the molecule is CCOC(=O)c1sc(C)nc1N. The van der Waals surface area contributed by atoms with Gasteiger partial charge in [0.05, 0.1) is 11.6 Å². The molecule has 0 saturated carbocycles. The number of aromatic nitrogens is 1. The number of nitrogens with zero attached hydrogens (tertiary/aromatic N) is 1. The third kappa shape index (κ3) is 1.73. The Balaban J connectivity index is 2.87. The number of ether oxygens (including phenoxy) is 1. The minimum atomic E-state index is -0.388. The molecule has 0 radical (unpaired) electrons. The van der Waals surface area contributed by atoms with Crippen LogP contribution >= 0.6 is 11.3 Å². The monoisotopic (exact) mass is 186 g/mol. The van der Waals surface area contributed by atoms with Gasteiger partial charge in [-0.3, -0.25) is 0 Å². The van der Waals surface area contributed by atoms with E-state index < -0.39 is 0 Å². The van der Waals surface area contributed by atoms with Crippen molar-refractivity contribution in [3.8, 4) is 0 Å². The van der Waals surface area contributed by atoms with E-state index in [1.54, 1.807) is 13.8 Å². The molecular formula is C7H10N2O2S. The first-order chi connectivity index (χ1) is 5.65. The van der Waals surface area contributed by atoms with E-state index in [0.29, 0.717) is 11.5 Å². The summed E-state index contributed by atoms with van der Waals surface area (Å²) < 4.78 is 4.77. The second kappa shape index (κ2) is 3.53. The van der Waals surface area contributed by atoms with Crippen molar-refractivity contribution >= 4 is 23.1 Å². The minimum absolute atomic E-state index is 0.260. The maximum Gasteiger partial charge on any atom is 0.352 e. The molecule has 1 heterocycles. The summed E-state index contributed by atoms with van der Waals surface area (Å²) in [7, 11) is 0. The van der Waals surface area contributed by atoms with Gasteiger partial charge in [0, 0.05) is 0 Å². The van der Waals surface area contributed by atoms with Crippen molar-refractivity contribution in [2.75, 3.05) is 12.3 Å². The summed E-state index contributed by atoms with van der Waals surface area (Å²) in [5, 5.41) is 0.774. The number of nitrogen functional groups attached to an aromatic ring is 1. The molecule has 0 saturated heterocycles. The predicted octanol–water partition coefficient (Wildman–Crippen LogP) is 1.21. The van der Waals surface area contributed by atoms with E-state index in [2.05, 4.69) is 4.98 Å². The normalized spacial score (nSPS) is 9.83. The third-order valence-electron chi connectivity index (χ3n) is 1.22. The Kier molecular flexibility index (Phi) is 2.65. The summed E-state index contributed by atoms with van der Waals surface area (Å²) in [5.74, 6) is -0.128. The number of esters is 1. The number of rotatable bonds is 2. The topological polar surface area (TPSA) is 65.2 Å². The number of carbonyl (C=O) groups excluding carboxylic acids is 1. The van der Waals surface area contributed by atoms with Crippen molar-refractivity contribution in [1.82, 2.24) is 4.98 Å². The Bertz CT molecular complexity index is 296. The van der Waals surface area contributed by atoms with Gasteiger partial charge in [-0.25, -0.2) is 9.78 Å². The molecule has 0 unspecified atom stereocenters. The van der Waals surface area contributed by atoms with Crippen LogP contribution in [0.4, 0.5) is 5.82 Å². The maximum atomic E-state index is 11.1. The lowest BCUT2D eigenvalue weighted by Gasteiger charge is -1.97. The number of hydrogen-bond acceptors (Lipinski definition) is 5. The molecule has 0 aliphatic carbocycles. The number of anilines is 1. The molecule has 0 atom stereocenters. The van der Waals surface area contributed by atoms with Gasteiger partial charge in [-0.15, -0.1) is 11.3 Å². The zero-order valence-corrected chi connectivity index (χ0v) is 7.77. The van der Waals surface area contributed by atoms with Crippen LogP contribution in [-0.2, 0) is 4.74 Å². The molecule has 0 aliphatic rings. The number of carbonyl (C=O) groups is 1. The Labute approximate surface area is 74.4 Å². The fourth-order valence-corrected chi connectivity index (χ4v) is 1.52. The Morgan fingerprint density at radius 2 is 2.42 bits per heavy atom. The summed E-state index contributed by atoms with van der Waals surface area (Å²) in [6, 6.07) is 0. The molecule has 0 amide bonds. The summed E-state index contributed by atoms with van der Waals surface area (Å²) in [5.41, 5.74) is 5.47. The van der Waals surface area contributed by atoms with E-state index in [4.69, 9.17) is 10.5 Å². The quantitative estimate of drug-likeness (QED) is 0.705. The smallest absolute Gasteiger partial charge is 0.352 e. The van der Waals surface area contributed by atoms with Gasteiger partial charge in [-0.2, -0.15) is 0 Å². The molecule has 4 nitrogen and oxygen atoms in total. The van der Waals surface area contributed by atoms with Gasteiger partial charge >= 0.3 is 5.97 Å². The van der Waals surface area contributed by atoms with E-state index in [1.807, 2.05) is 0 Å². The van der Waals surface area contributed by atoms with Crippen molar-refractivity contribution in [2.24, 2.45) is 0 Å². The molecule has 0 spiro atoms. The second-order valence-electron chi connectivity index (χ2n) is 2.17. The van der Waals surface area contributed by atoms with Crippen molar-refractivity contribution in [2.45, 2.75) is 13.8 Å². The van der Waals surface area contributed by atoms with E-state index in [-0.39, 0.29) is 11.8 Å². The van der Waals surface area contributed by atoms with Crippen LogP contribution in [0.25, 0.3) is 0 Å². The lowest BCUT2D eigenvalue weighted by molar-refractivity contribution is 0.0533. The molecular weight excluding hydrogens is 176 g/mol. The van der Waals surface area contributed by atoms with Crippen LogP contribution in [0.1, 0.15) is 21.6 Å². The van der Waals surface area contributed by atoms with Gasteiger partial charge in [-0.05, 0) is 13.8 Å². The number of thiazole rings is 1. The van der Waals surface area contributed by atoms with Crippen molar-refractivity contribution in [1.29, 1.82) is 0 Å². The summed E-state index contributed by atoms with van der Waals surface area (Å²) in [4.78, 5) is 15.5. The Hall–Kier alpha value is -1.10. The highest BCUT2D eigenvalue weighted by molar-refractivity contribution is 7.14. The first-order valence-electron chi connectivity index (χ1n) is 3.55. The van der Waals surface area contributed by atoms with Crippen LogP contribution in [0, 0.1) is 6.92 Å². The molecule has 12 heavy (non-hydrogen) atoms. The molecule has 1 aromatic heterocycles. The minimum Gasteiger partial charge on any atom is -0.462 e. The first-order valence-corrected chi connectivity index (χ1v) is 4.36. The standard InChI is InChI=1S/C7H10N2O2S/c1-3-11-7(10)5-6(8)9-4(2)12-5/h3,8H2,1-2H3. The number of hydrogen-bond donors (Lipinski definition) is 1. The molecule has 2 N–H and O–H groups in total. The van der Waals surface area contributed by atoms with Gasteiger partial charge < -0.3 is 10.5 Å². The van der Waals surface area contributed by atoms with E-state index in [1.165, 1.54) is 11.3 Å². The predicted molar refractivity (Wildman–Crippen MR) is 47.2 cm³/mol. The van der Waals surface area contributed by atoms with Crippen molar-refractivity contribution in [3.05, 3.63) is 9.88 Å². The highest BCUT2D eigenvalue weighted by atomic mass is 32.1. The molecule has 0 fully saturated rings. The highest BCUT2D eigenvalue weighted by Gasteiger charge is 2.14. The summed E-state index contributed by atoms with van der Waals surface area (Å²) >= 11 is 1.25. The van der Waals surface area contributed by atoms with Gasteiger partial charge in [0.15, 0.2) is 4.88 Å². The highest BCUT2D eigenvalue weighted by Crippen LogP contribution is 2.20. The van der Waals surface area contributed by atoms with E-state index in [0.717, 1.165) is 5.01 Å². The molecule has 0 aromatic carbocycles. The maximum absolute atomic E-state index is 11.1. The number of nitrogens with two attached hydrogens (primary N) is 1. The summed E-state index contributed by atoms with van der Waals surface area (Å²) in [6.07, 6.45) is 0. The lowest BCUT2D eigenvalue weighted by atomic mass is 10.5. The van der Waals surface area contributed by atoms with Crippen LogP contribution in [0.3, 0.4) is 0 Å². The fourth-order valence-electron chi connectivity index (χ4n) is 0.786. The lowest BCUT2D eigenvalue weighted by Crippen LogP contribution is -2.05. The van der Waals surface area contributed by atoms with Crippen LogP contribution in [0.2, 0.25) is 0 Å². The van der Waals surface area contributed by atoms with Crippen molar-refractivity contribution in [3.63, 3.8) is 0 Å². The molecule has 66 valence electrons. The second-order valence-corrected chi connectivity index (χ2v) is 3.37. The van der Waals surface area contributed by atoms with E-state index >= 15 is 0 Å². The van der Waals surface area contributed by atoms with Crippen LogP contribution in [0.5, 0.6) is 0 Å². The Morgan fingerprint density at radius 3 is 2.83 bits per heavy atom. The van der Waals surface area contributed by atoms with Gasteiger partial charge in [0.25, 0.3) is 0 Å². The van der Waals surface area contributed by atoms with Crippen molar-refractivity contribution < 1.29 is 9.53 Å². The van der Waals surface area contributed by atoms with Crippen LogP contribution < -0.4 is 5.73 Å². The molecule has 1 rings (SSSR count). The molecule has 5 heteroatoms. The largest absolute Gasteiger partial charge is 0.462 e. The van der Waals surface area contributed by atoms with Gasteiger partial charge in [-0.1, -0.05) is 0 Å². The first kappa shape index (κ1) is 8.99. The van der Waals surface area contributed by atoms with Gasteiger partial charge in [0.2, 0.25) is 0 Å².